The molecular weight excluding hydrogens is 524 g/mol. The highest BCUT2D eigenvalue weighted by Crippen LogP contribution is 2.41. The van der Waals surface area contributed by atoms with Crippen LogP contribution in [-0.4, -0.2) is 53.9 Å². The summed E-state index contributed by atoms with van der Waals surface area (Å²) >= 11 is 0. The molecule has 2 unspecified atom stereocenters. The lowest BCUT2D eigenvalue weighted by atomic mass is 9.82. The number of ether oxygens (including phenoxy) is 3. The molecule has 0 N–H and O–H groups in total. The molecule has 0 saturated carbocycles. The normalized spacial score (nSPS) is 23.4. The highest BCUT2D eigenvalue weighted by Gasteiger charge is 2.39. The van der Waals surface area contributed by atoms with Gasteiger partial charge in [-0.1, -0.05) is 44.2 Å². The number of unbranched alkanes of at least 4 members (excludes halogenated alkanes) is 1. The number of pyridine rings is 1. The molecule has 0 spiro atoms. The first-order chi connectivity index (χ1) is 20.1. The summed E-state index contributed by atoms with van der Waals surface area (Å²) in [6, 6.07) is 12.4. The number of aryl methyl sites for hydroxylation is 3. The number of carbonyl (C=O) groups excluding carboxylic acids is 1. The first-order valence-electron chi connectivity index (χ1n) is 16.3. The fourth-order valence-electron chi connectivity index (χ4n) is 6.68. The molecule has 2 aliphatic heterocycles. The summed E-state index contributed by atoms with van der Waals surface area (Å²) in [5, 5.41) is 0. The van der Waals surface area contributed by atoms with Crippen molar-refractivity contribution in [3.8, 4) is 0 Å². The Morgan fingerprint density at radius 2 is 1.90 bits per heavy atom. The molecule has 1 aliphatic carbocycles. The lowest BCUT2D eigenvalue weighted by molar-refractivity contribution is -0.161. The van der Waals surface area contributed by atoms with Crippen LogP contribution in [0.25, 0.3) is 0 Å². The summed E-state index contributed by atoms with van der Waals surface area (Å²) in [7, 11) is 0. The Balaban J connectivity index is 1.19. The quantitative estimate of drug-likeness (QED) is 0.218. The van der Waals surface area contributed by atoms with E-state index in [1.165, 1.54) is 36.2 Å². The first kappa shape index (κ1) is 31.2. The molecule has 6 nitrogen and oxygen atoms in total. The van der Waals surface area contributed by atoms with Gasteiger partial charge in [-0.2, -0.15) is 0 Å². The Labute approximate surface area is 253 Å². The van der Waals surface area contributed by atoms with Crippen LogP contribution >= 0.6 is 0 Å². The van der Waals surface area contributed by atoms with Gasteiger partial charge < -0.3 is 14.2 Å². The van der Waals surface area contributed by atoms with Gasteiger partial charge in [-0.25, -0.2) is 4.79 Å². The predicted molar refractivity (Wildman–Crippen MR) is 166 cm³/mol. The van der Waals surface area contributed by atoms with Gasteiger partial charge >= 0.3 is 5.97 Å². The van der Waals surface area contributed by atoms with Gasteiger partial charge in [0.2, 0.25) is 0 Å². The van der Waals surface area contributed by atoms with E-state index in [0.29, 0.717) is 0 Å². The average Bonchev–Trinajstić information content (AvgIpc) is 3.40. The topological polar surface area (TPSA) is 60.9 Å². The van der Waals surface area contributed by atoms with Crippen molar-refractivity contribution in [3.63, 3.8) is 0 Å². The molecule has 2 saturated heterocycles. The van der Waals surface area contributed by atoms with Crippen molar-refractivity contribution in [2.24, 2.45) is 5.41 Å². The van der Waals surface area contributed by atoms with E-state index in [0.717, 1.165) is 82.4 Å². The zero-order valence-electron chi connectivity index (χ0n) is 26.6. The Bertz CT molecular complexity index is 1190. The van der Waals surface area contributed by atoms with E-state index in [4.69, 9.17) is 19.2 Å². The van der Waals surface area contributed by atoms with Crippen LogP contribution in [0.15, 0.2) is 36.4 Å². The van der Waals surface area contributed by atoms with Gasteiger partial charge in [0, 0.05) is 31.1 Å². The van der Waals surface area contributed by atoms with Gasteiger partial charge in [-0.05, 0) is 113 Å². The van der Waals surface area contributed by atoms with Crippen molar-refractivity contribution < 1.29 is 19.0 Å². The third kappa shape index (κ3) is 8.21. The standard InChI is InChI=1S/C36H52N2O4/c1-35(2,3)42-34(39)33(30-15-8-7-14-29(30)32-19-21-36(4,5)25-41-32)38-22-20-28(24-38)40-23-11-10-13-27-18-17-26-12-6-9-16-31(26)37-27/h7-8,14-15,17-18,28,32-33H,6,9-13,16,19-25H2,1-5H3/t28-,32?,33?/m1/s1. The highest BCUT2D eigenvalue weighted by molar-refractivity contribution is 5.78. The third-order valence-electron chi connectivity index (χ3n) is 8.98. The minimum atomic E-state index is -0.557. The third-order valence-corrected chi connectivity index (χ3v) is 8.98. The molecule has 0 bridgehead atoms. The largest absolute Gasteiger partial charge is 0.459 e. The summed E-state index contributed by atoms with van der Waals surface area (Å²) < 4.78 is 18.7. The molecule has 42 heavy (non-hydrogen) atoms. The molecule has 1 aromatic carbocycles. The molecule has 6 heteroatoms. The van der Waals surface area contributed by atoms with E-state index in [-0.39, 0.29) is 23.6 Å². The zero-order chi connectivity index (χ0) is 29.7. The fraction of sp³-hybridized carbons (Fsp3) is 0.667. The van der Waals surface area contributed by atoms with Crippen molar-refractivity contribution in [2.75, 3.05) is 26.3 Å². The van der Waals surface area contributed by atoms with Gasteiger partial charge in [-0.3, -0.25) is 9.88 Å². The van der Waals surface area contributed by atoms with E-state index in [9.17, 15) is 4.79 Å². The van der Waals surface area contributed by atoms with E-state index < -0.39 is 11.6 Å². The van der Waals surface area contributed by atoms with Gasteiger partial charge in [0.1, 0.15) is 11.6 Å². The number of aromatic nitrogens is 1. The van der Waals surface area contributed by atoms with Crippen molar-refractivity contribution in [1.82, 2.24) is 9.88 Å². The lowest BCUT2D eigenvalue weighted by Crippen LogP contribution is -2.39. The maximum absolute atomic E-state index is 13.8. The second-order valence-electron chi connectivity index (χ2n) is 14.4. The monoisotopic (exact) mass is 576 g/mol. The lowest BCUT2D eigenvalue weighted by Gasteiger charge is -2.37. The molecule has 230 valence electrons. The Morgan fingerprint density at radius 3 is 2.69 bits per heavy atom. The van der Waals surface area contributed by atoms with E-state index in [2.05, 4.69) is 49.1 Å². The molecule has 2 aromatic rings. The van der Waals surface area contributed by atoms with Crippen LogP contribution in [0, 0.1) is 5.41 Å². The fourth-order valence-corrected chi connectivity index (χ4v) is 6.68. The summed E-state index contributed by atoms with van der Waals surface area (Å²) in [6.45, 7) is 13.3. The zero-order valence-corrected chi connectivity index (χ0v) is 26.6. The summed E-state index contributed by atoms with van der Waals surface area (Å²) in [5.41, 5.74) is 5.73. The van der Waals surface area contributed by atoms with Gasteiger partial charge in [-0.15, -0.1) is 0 Å². The number of carbonyl (C=O) groups is 1. The number of hydrogen-bond acceptors (Lipinski definition) is 6. The van der Waals surface area contributed by atoms with Crippen LogP contribution < -0.4 is 0 Å². The second kappa shape index (κ2) is 13.6. The summed E-state index contributed by atoms with van der Waals surface area (Å²) in [5.74, 6) is -0.190. The van der Waals surface area contributed by atoms with E-state index >= 15 is 0 Å². The Morgan fingerprint density at radius 1 is 1.10 bits per heavy atom. The van der Waals surface area contributed by atoms with Crippen molar-refractivity contribution in [1.29, 1.82) is 0 Å². The van der Waals surface area contributed by atoms with Crippen molar-refractivity contribution in [3.05, 3.63) is 64.5 Å². The molecule has 2 fully saturated rings. The molecule has 3 atom stereocenters. The number of benzene rings is 1. The maximum atomic E-state index is 13.8. The number of esters is 1. The van der Waals surface area contributed by atoms with Crippen LogP contribution in [0.1, 0.15) is 120 Å². The highest BCUT2D eigenvalue weighted by atomic mass is 16.6. The van der Waals surface area contributed by atoms with Gasteiger partial charge in [0.05, 0.1) is 18.8 Å². The van der Waals surface area contributed by atoms with Crippen LogP contribution in [0.5, 0.6) is 0 Å². The number of rotatable bonds is 10. The molecule has 0 amide bonds. The first-order valence-corrected chi connectivity index (χ1v) is 16.3. The smallest absolute Gasteiger partial charge is 0.328 e. The summed E-state index contributed by atoms with van der Waals surface area (Å²) in [6.07, 6.45) is 11.1. The molecule has 0 radical (unpaired) electrons. The van der Waals surface area contributed by atoms with Crippen LogP contribution in [0.4, 0.5) is 0 Å². The molecule has 1 aromatic heterocycles. The molecular formula is C36H52N2O4. The van der Waals surface area contributed by atoms with Crippen molar-refractivity contribution >= 4 is 5.97 Å². The average molecular weight is 577 g/mol. The number of nitrogens with zero attached hydrogens (tertiary/aromatic N) is 2. The SMILES string of the molecule is CC1(C)CCC(c2ccccc2C(C(=O)OC(C)(C)C)N2CC[C@@H](OCCCCc3ccc4c(n3)CCCC4)C2)OC1. The minimum Gasteiger partial charge on any atom is -0.459 e. The van der Waals surface area contributed by atoms with Crippen LogP contribution in [0.2, 0.25) is 0 Å². The van der Waals surface area contributed by atoms with Gasteiger partial charge in [0.15, 0.2) is 0 Å². The minimum absolute atomic E-state index is 0.00146. The maximum Gasteiger partial charge on any atom is 0.328 e. The second-order valence-corrected chi connectivity index (χ2v) is 14.4. The van der Waals surface area contributed by atoms with E-state index in [1.807, 2.05) is 26.8 Å². The Kier molecular flexibility index (Phi) is 10.1. The number of hydrogen-bond donors (Lipinski definition) is 0. The summed E-state index contributed by atoms with van der Waals surface area (Å²) in [4.78, 5) is 21.0. The van der Waals surface area contributed by atoms with Crippen molar-refractivity contribution in [2.45, 2.75) is 123 Å². The van der Waals surface area contributed by atoms with Crippen LogP contribution in [-0.2, 0) is 38.3 Å². The number of likely N-dealkylation sites (tertiary alicyclic amines) is 1. The van der Waals surface area contributed by atoms with E-state index in [1.54, 1.807) is 0 Å². The van der Waals surface area contributed by atoms with Gasteiger partial charge in [0.25, 0.3) is 0 Å². The molecule has 3 aliphatic rings. The Hall–Kier alpha value is -2.28. The predicted octanol–water partition coefficient (Wildman–Crippen LogP) is 7.33. The molecule has 5 rings (SSSR count). The molecule has 3 heterocycles. The number of fused-ring (bicyclic) bond motifs is 1. The van der Waals surface area contributed by atoms with Crippen LogP contribution in [0.3, 0.4) is 0 Å².